The van der Waals surface area contributed by atoms with Gasteiger partial charge in [-0.1, -0.05) is 31.2 Å². The number of rotatable bonds is 3. The molecule has 1 aliphatic heterocycles. The Kier molecular flexibility index (Phi) is 4.37. The first-order valence-corrected chi connectivity index (χ1v) is 8.44. The Labute approximate surface area is 140 Å². The molecule has 0 amide bonds. The minimum Gasteiger partial charge on any atom is -0.494 e. The van der Waals surface area contributed by atoms with Gasteiger partial charge < -0.3 is 10.4 Å². The Hall–Kier alpha value is -1.92. The first kappa shape index (κ1) is 16.0. The lowest BCUT2D eigenvalue weighted by molar-refractivity contribution is -0.690. The first-order valence-electron chi connectivity index (χ1n) is 8.03. The molecule has 1 aromatic heterocycles. The second-order valence-corrected chi connectivity index (χ2v) is 6.46. The number of H-pyrrole nitrogens is 1. The molecular formula is C17H22N3O2S+. The van der Waals surface area contributed by atoms with Gasteiger partial charge in [-0.3, -0.25) is 14.3 Å². The van der Waals surface area contributed by atoms with Gasteiger partial charge in [0.25, 0.3) is 5.56 Å². The van der Waals surface area contributed by atoms with E-state index in [1.54, 1.807) is 4.57 Å². The quantitative estimate of drug-likeness (QED) is 0.750. The van der Waals surface area contributed by atoms with Crippen molar-refractivity contribution < 1.29 is 10.4 Å². The van der Waals surface area contributed by atoms with E-state index in [4.69, 9.17) is 12.2 Å². The lowest BCUT2D eigenvalue weighted by Crippen LogP contribution is -2.87. The van der Waals surface area contributed by atoms with Crippen LogP contribution in [0, 0.1) is 4.77 Å². The molecule has 0 spiro atoms. The number of nitrogens with two attached hydrogens (primary N) is 1. The Morgan fingerprint density at radius 2 is 2.22 bits per heavy atom. The van der Waals surface area contributed by atoms with Crippen molar-refractivity contribution >= 4 is 12.2 Å². The molecule has 23 heavy (non-hydrogen) atoms. The highest BCUT2D eigenvalue weighted by Gasteiger charge is 2.31. The second-order valence-electron chi connectivity index (χ2n) is 6.07. The van der Waals surface area contributed by atoms with Crippen molar-refractivity contribution in [2.45, 2.75) is 38.8 Å². The molecule has 6 heteroatoms. The smallest absolute Gasteiger partial charge is 0.265 e. The number of hydrogen-bond acceptors (Lipinski definition) is 3. The van der Waals surface area contributed by atoms with Crippen LogP contribution in [0.25, 0.3) is 0 Å². The molecule has 2 heterocycles. The van der Waals surface area contributed by atoms with Gasteiger partial charge in [0.1, 0.15) is 11.6 Å². The van der Waals surface area contributed by atoms with Crippen molar-refractivity contribution in [2.75, 3.05) is 6.54 Å². The maximum atomic E-state index is 12.5. The lowest BCUT2D eigenvalue weighted by atomic mass is 9.90. The van der Waals surface area contributed by atoms with E-state index < -0.39 is 0 Å². The van der Waals surface area contributed by atoms with E-state index in [9.17, 15) is 9.90 Å². The van der Waals surface area contributed by atoms with Crippen molar-refractivity contribution in [2.24, 2.45) is 0 Å². The van der Waals surface area contributed by atoms with E-state index >= 15 is 0 Å². The number of nitrogens with one attached hydrogen (secondary N) is 1. The molecule has 2 aromatic rings. The van der Waals surface area contributed by atoms with Crippen molar-refractivity contribution in [1.82, 2.24) is 9.55 Å². The first-order chi connectivity index (χ1) is 11.0. The molecule has 0 fully saturated rings. The molecule has 0 saturated carbocycles. The topological polar surface area (TPSA) is 74.6 Å². The lowest BCUT2D eigenvalue weighted by Gasteiger charge is -2.25. The fourth-order valence-electron chi connectivity index (χ4n) is 3.30. The highest BCUT2D eigenvalue weighted by Crippen LogP contribution is 2.29. The van der Waals surface area contributed by atoms with E-state index in [1.807, 2.05) is 32.0 Å². The molecule has 0 aliphatic carbocycles. The number of aromatic nitrogens is 2. The molecule has 3 rings (SSSR count). The number of fused-ring (bicyclic) bond motifs is 1. The third kappa shape index (κ3) is 2.72. The third-order valence-electron chi connectivity index (χ3n) is 4.70. The van der Waals surface area contributed by atoms with Crippen LogP contribution in [0.4, 0.5) is 0 Å². The minimum atomic E-state index is -0.301. The molecule has 0 saturated heterocycles. The molecule has 122 valence electrons. The van der Waals surface area contributed by atoms with Gasteiger partial charge in [-0.15, -0.1) is 0 Å². The van der Waals surface area contributed by atoms with Crippen LogP contribution in [0.3, 0.4) is 0 Å². The van der Waals surface area contributed by atoms with Crippen LogP contribution in [0.15, 0.2) is 29.1 Å². The monoisotopic (exact) mass is 332 g/mol. The van der Waals surface area contributed by atoms with E-state index in [-0.39, 0.29) is 28.3 Å². The third-order valence-corrected chi connectivity index (χ3v) is 5.00. The van der Waals surface area contributed by atoms with Crippen LogP contribution in [0.5, 0.6) is 5.88 Å². The summed E-state index contributed by atoms with van der Waals surface area (Å²) in [7, 11) is 0. The molecule has 0 radical (unpaired) electrons. The summed E-state index contributed by atoms with van der Waals surface area (Å²) < 4.78 is 1.92. The zero-order valence-electron chi connectivity index (χ0n) is 13.4. The summed E-state index contributed by atoms with van der Waals surface area (Å²) in [5, 5.41) is 12.9. The molecule has 5 nitrogen and oxygen atoms in total. The Bertz CT molecular complexity index is 840. The maximum Gasteiger partial charge on any atom is 0.265 e. The van der Waals surface area contributed by atoms with Gasteiger partial charge >= 0.3 is 0 Å². The van der Waals surface area contributed by atoms with Crippen LogP contribution in [-0.4, -0.2) is 21.2 Å². The summed E-state index contributed by atoms with van der Waals surface area (Å²) in [6, 6.07) is 7.93. The van der Waals surface area contributed by atoms with E-state index in [2.05, 4.69) is 16.4 Å². The van der Waals surface area contributed by atoms with Gasteiger partial charge in [0.05, 0.1) is 6.54 Å². The summed E-state index contributed by atoms with van der Waals surface area (Å²) in [5.74, 6) is -0.00828. The molecule has 2 atom stereocenters. The van der Waals surface area contributed by atoms with Crippen LogP contribution in [0.1, 0.15) is 49.0 Å². The fourth-order valence-corrected chi connectivity index (χ4v) is 3.65. The second kappa shape index (κ2) is 6.29. The summed E-state index contributed by atoms with van der Waals surface area (Å²) in [6.07, 6.45) is 1.79. The number of aromatic amines is 1. The van der Waals surface area contributed by atoms with Gasteiger partial charge in [-0.05, 0) is 31.1 Å². The zero-order chi connectivity index (χ0) is 16.6. The molecule has 1 aliphatic rings. The summed E-state index contributed by atoms with van der Waals surface area (Å²) >= 11 is 5.25. The standard InChI is InChI=1S/C17H21N3O2S/c1-3-10(2)20-16(22)13(15(21)19-17(20)23)14-12-7-5-4-6-11(12)8-9-18-14/h4-7,10,14,18,22H,3,8-9H2,1-2H3,(H,19,21,23)/p+1/t10-,14-/m0/s1. The fraction of sp³-hybridized carbons (Fsp3) is 0.412. The van der Waals surface area contributed by atoms with Crippen LogP contribution in [-0.2, 0) is 6.42 Å². The van der Waals surface area contributed by atoms with Gasteiger partial charge in [0.2, 0.25) is 5.88 Å². The number of hydrogen-bond donors (Lipinski definition) is 3. The number of benzene rings is 1. The number of aromatic hydroxyl groups is 1. The van der Waals surface area contributed by atoms with E-state index in [1.165, 1.54) is 5.56 Å². The van der Waals surface area contributed by atoms with Crippen LogP contribution < -0.4 is 10.9 Å². The van der Waals surface area contributed by atoms with Gasteiger partial charge in [-0.2, -0.15) is 0 Å². The average molecular weight is 332 g/mol. The molecule has 0 unspecified atom stereocenters. The molecule has 4 N–H and O–H groups in total. The largest absolute Gasteiger partial charge is 0.494 e. The molecule has 0 bridgehead atoms. The van der Waals surface area contributed by atoms with Crippen LogP contribution >= 0.6 is 12.2 Å². The highest BCUT2D eigenvalue weighted by molar-refractivity contribution is 7.71. The molecular weight excluding hydrogens is 310 g/mol. The normalized spacial score (nSPS) is 18.4. The van der Waals surface area contributed by atoms with Crippen molar-refractivity contribution in [3.8, 4) is 5.88 Å². The maximum absolute atomic E-state index is 12.5. The van der Waals surface area contributed by atoms with Crippen molar-refractivity contribution in [3.05, 3.63) is 56.1 Å². The number of nitrogens with zero attached hydrogens (tertiary/aromatic N) is 1. The zero-order valence-corrected chi connectivity index (χ0v) is 14.2. The minimum absolute atomic E-state index is 0.00828. The summed E-state index contributed by atoms with van der Waals surface area (Å²) in [5.41, 5.74) is 2.42. The summed E-state index contributed by atoms with van der Waals surface area (Å²) in [4.78, 5) is 15.3. The predicted molar refractivity (Wildman–Crippen MR) is 91.3 cm³/mol. The predicted octanol–water partition coefficient (Wildman–Crippen LogP) is 1.79. The van der Waals surface area contributed by atoms with Gasteiger partial charge in [0.15, 0.2) is 4.77 Å². The van der Waals surface area contributed by atoms with Crippen LogP contribution in [0.2, 0.25) is 0 Å². The van der Waals surface area contributed by atoms with E-state index in [0.29, 0.717) is 5.56 Å². The van der Waals surface area contributed by atoms with Gasteiger partial charge in [0, 0.05) is 18.0 Å². The SMILES string of the molecule is CC[C@H](C)n1c(O)c([C@H]2[NH2+]CCc3ccccc32)c(=O)[nH]c1=S. The Balaban J connectivity index is 2.22. The van der Waals surface area contributed by atoms with E-state index in [0.717, 1.165) is 24.9 Å². The average Bonchev–Trinajstić information content (AvgIpc) is 2.54. The van der Waals surface area contributed by atoms with Crippen molar-refractivity contribution in [1.29, 1.82) is 0 Å². The molecule has 1 aromatic carbocycles. The highest BCUT2D eigenvalue weighted by atomic mass is 32.1. The Morgan fingerprint density at radius 3 is 2.96 bits per heavy atom. The Morgan fingerprint density at radius 1 is 1.48 bits per heavy atom. The number of quaternary nitrogens is 1. The summed E-state index contributed by atoms with van der Waals surface area (Å²) in [6.45, 7) is 4.90. The van der Waals surface area contributed by atoms with Crippen molar-refractivity contribution in [3.63, 3.8) is 0 Å². The van der Waals surface area contributed by atoms with Gasteiger partial charge in [-0.25, -0.2) is 0 Å².